The molecule has 0 aliphatic heterocycles. The average Bonchev–Trinajstić information content (AvgIpc) is 3.40. The molecule has 0 spiro atoms. The van der Waals surface area contributed by atoms with E-state index in [0.717, 1.165) is 0 Å². The molecule has 2 heterocycles. The van der Waals surface area contributed by atoms with Crippen LogP contribution >= 0.6 is 35.0 Å². The van der Waals surface area contributed by atoms with E-state index in [9.17, 15) is 0 Å². The molecule has 0 saturated carbocycles. The molecular formula is C19H14Cl2N4O4S. The summed E-state index contributed by atoms with van der Waals surface area (Å²) in [6.07, 6.45) is 0. The highest BCUT2D eigenvalue weighted by atomic mass is 35.5. The van der Waals surface area contributed by atoms with Gasteiger partial charge in [0.05, 0.1) is 23.4 Å². The second-order valence-electron chi connectivity index (χ2n) is 5.82. The summed E-state index contributed by atoms with van der Waals surface area (Å²) in [6.45, 7) is 0.119. The van der Waals surface area contributed by atoms with Gasteiger partial charge in [-0.3, -0.25) is 0 Å². The van der Waals surface area contributed by atoms with E-state index in [-0.39, 0.29) is 6.61 Å². The highest BCUT2D eigenvalue weighted by Gasteiger charge is 2.15. The van der Waals surface area contributed by atoms with Gasteiger partial charge in [-0.15, -0.1) is 20.4 Å². The molecule has 4 aromatic rings. The molecule has 0 amide bonds. The maximum absolute atomic E-state index is 6.17. The second kappa shape index (κ2) is 9.38. The first-order chi connectivity index (χ1) is 14.6. The zero-order valence-corrected chi connectivity index (χ0v) is 17.9. The van der Waals surface area contributed by atoms with Crippen LogP contribution in [0.15, 0.2) is 56.5 Å². The average molecular weight is 465 g/mol. The standard InChI is InChI=1S/C19H14Cl2N4O4S/c1-26-14-4-2-3-5-15(14)27-9-16-22-25-19(29-16)30-10-17-23-24-18(28-17)12-7-6-11(20)8-13(12)21/h2-8H,9-10H2,1H3. The molecule has 4 rings (SSSR count). The first-order valence-corrected chi connectivity index (χ1v) is 10.4. The van der Waals surface area contributed by atoms with Crippen molar-refractivity contribution in [2.45, 2.75) is 17.6 Å². The molecule has 0 atom stereocenters. The van der Waals surface area contributed by atoms with Gasteiger partial charge in [-0.05, 0) is 30.3 Å². The summed E-state index contributed by atoms with van der Waals surface area (Å²) < 4.78 is 22.1. The number of hydrogen-bond acceptors (Lipinski definition) is 9. The largest absolute Gasteiger partial charge is 0.493 e. The number of halogens is 2. The molecule has 0 saturated heterocycles. The molecule has 0 bridgehead atoms. The lowest BCUT2D eigenvalue weighted by atomic mass is 10.2. The van der Waals surface area contributed by atoms with Crippen molar-refractivity contribution < 1.29 is 18.3 Å². The van der Waals surface area contributed by atoms with Gasteiger partial charge in [0.1, 0.15) is 0 Å². The fourth-order valence-electron chi connectivity index (χ4n) is 2.44. The minimum atomic E-state index is 0.119. The highest BCUT2D eigenvalue weighted by molar-refractivity contribution is 7.98. The van der Waals surface area contributed by atoms with Gasteiger partial charge in [-0.1, -0.05) is 47.1 Å². The number of benzene rings is 2. The first kappa shape index (κ1) is 20.5. The van der Waals surface area contributed by atoms with Gasteiger partial charge in [-0.2, -0.15) is 0 Å². The number of thioether (sulfide) groups is 1. The zero-order chi connectivity index (χ0) is 20.9. The van der Waals surface area contributed by atoms with Gasteiger partial charge in [0.25, 0.3) is 11.1 Å². The van der Waals surface area contributed by atoms with Gasteiger partial charge < -0.3 is 18.3 Å². The molecule has 2 aromatic heterocycles. The fraction of sp³-hybridized carbons (Fsp3) is 0.158. The monoisotopic (exact) mass is 464 g/mol. The topological polar surface area (TPSA) is 96.3 Å². The Balaban J connectivity index is 1.34. The molecule has 0 unspecified atom stereocenters. The molecule has 0 N–H and O–H groups in total. The lowest BCUT2D eigenvalue weighted by Crippen LogP contribution is -1.97. The molecule has 154 valence electrons. The summed E-state index contributed by atoms with van der Waals surface area (Å²) in [4.78, 5) is 0. The van der Waals surface area contributed by atoms with E-state index in [4.69, 9.17) is 41.5 Å². The molecule has 0 radical (unpaired) electrons. The van der Waals surface area contributed by atoms with E-state index in [0.29, 0.717) is 55.8 Å². The molecule has 0 aliphatic rings. The number of nitrogens with zero attached hydrogens (tertiary/aromatic N) is 4. The quantitative estimate of drug-likeness (QED) is 0.321. The van der Waals surface area contributed by atoms with Gasteiger partial charge in [0.2, 0.25) is 11.8 Å². The van der Waals surface area contributed by atoms with Gasteiger partial charge >= 0.3 is 0 Å². The van der Waals surface area contributed by atoms with Crippen LogP contribution in [0.5, 0.6) is 11.5 Å². The molecular weight excluding hydrogens is 451 g/mol. The van der Waals surface area contributed by atoms with Crippen molar-refractivity contribution in [3.63, 3.8) is 0 Å². The van der Waals surface area contributed by atoms with Crippen molar-refractivity contribution in [2.75, 3.05) is 7.11 Å². The van der Waals surface area contributed by atoms with Crippen molar-refractivity contribution in [1.29, 1.82) is 0 Å². The Bertz CT molecular complexity index is 1150. The van der Waals surface area contributed by atoms with Crippen LogP contribution in [0.2, 0.25) is 10.0 Å². The van der Waals surface area contributed by atoms with Crippen LogP contribution in [0.3, 0.4) is 0 Å². The van der Waals surface area contributed by atoms with E-state index in [1.54, 1.807) is 37.4 Å². The van der Waals surface area contributed by atoms with Crippen LogP contribution in [0.4, 0.5) is 0 Å². The van der Waals surface area contributed by atoms with E-state index in [1.165, 1.54) is 11.8 Å². The second-order valence-corrected chi connectivity index (χ2v) is 7.59. The van der Waals surface area contributed by atoms with Crippen molar-refractivity contribution in [2.24, 2.45) is 0 Å². The Morgan fingerprint density at radius 2 is 1.73 bits per heavy atom. The molecule has 8 nitrogen and oxygen atoms in total. The van der Waals surface area contributed by atoms with Crippen molar-refractivity contribution in [3.8, 4) is 23.0 Å². The number of hydrogen-bond donors (Lipinski definition) is 0. The summed E-state index contributed by atoms with van der Waals surface area (Å²) >= 11 is 13.3. The lowest BCUT2D eigenvalue weighted by molar-refractivity contribution is 0.241. The number of aromatic nitrogens is 4. The summed E-state index contributed by atoms with van der Waals surface area (Å²) in [5, 5.41) is 17.3. The van der Waals surface area contributed by atoms with Crippen molar-refractivity contribution in [1.82, 2.24) is 20.4 Å². The Labute approximate surface area is 185 Å². The summed E-state index contributed by atoms with van der Waals surface area (Å²) in [5.74, 6) is 2.61. The third kappa shape index (κ3) is 4.86. The normalized spacial score (nSPS) is 10.9. The van der Waals surface area contributed by atoms with Crippen molar-refractivity contribution >= 4 is 35.0 Å². The Hall–Kier alpha value is -2.75. The molecule has 0 fully saturated rings. The molecule has 0 aliphatic carbocycles. The Morgan fingerprint density at radius 3 is 2.53 bits per heavy atom. The Morgan fingerprint density at radius 1 is 0.933 bits per heavy atom. The molecule has 2 aromatic carbocycles. The SMILES string of the molecule is COc1ccccc1OCc1nnc(SCc2nnc(-c3ccc(Cl)cc3Cl)o2)o1. The highest BCUT2D eigenvalue weighted by Crippen LogP contribution is 2.31. The van der Waals surface area contributed by atoms with Crippen LogP contribution in [-0.4, -0.2) is 27.5 Å². The van der Waals surface area contributed by atoms with E-state index >= 15 is 0 Å². The smallest absolute Gasteiger partial charge is 0.277 e. The minimum Gasteiger partial charge on any atom is -0.493 e. The number of ether oxygens (including phenoxy) is 2. The zero-order valence-electron chi connectivity index (χ0n) is 15.5. The van der Waals surface area contributed by atoms with Crippen LogP contribution in [0.25, 0.3) is 11.5 Å². The van der Waals surface area contributed by atoms with Gasteiger partial charge in [0, 0.05) is 5.02 Å². The third-order valence-electron chi connectivity index (χ3n) is 3.82. The van der Waals surface area contributed by atoms with Gasteiger partial charge in [-0.25, -0.2) is 0 Å². The number of para-hydroxylation sites is 2. The predicted molar refractivity (Wildman–Crippen MR) is 111 cm³/mol. The fourth-order valence-corrected chi connectivity index (χ4v) is 3.55. The Kier molecular flexibility index (Phi) is 6.41. The van der Waals surface area contributed by atoms with Crippen LogP contribution in [0, 0.1) is 0 Å². The number of methoxy groups -OCH3 is 1. The van der Waals surface area contributed by atoms with Crippen LogP contribution in [0.1, 0.15) is 11.8 Å². The van der Waals surface area contributed by atoms with Crippen molar-refractivity contribution in [3.05, 3.63) is 64.3 Å². The molecule has 30 heavy (non-hydrogen) atoms. The predicted octanol–water partition coefficient (Wildman–Crippen LogP) is 5.31. The first-order valence-electron chi connectivity index (χ1n) is 8.61. The van der Waals surface area contributed by atoms with Crippen LogP contribution < -0.4 is 9.47 Å². The summed E-state index contributed by atoms with van der Waals surface area (Å²) in [5.41, 5.74) is 0.610. The summed E-state index contributed by atoms with van der Waals surface area (Å²) in [6, 6.07) is 12.4. The van der Waals surface area contributed by atoms with E-state index in [1.807, 2.05) is 12.1 Å². The summed E-state index contributed by atoms with van der Waals surface area (Å²) in [7, 11) is 1.58. The maximum atomic E-state index is 6.17. The lowest BCUT2D eigenvalue weighted by Gasteiger charge is -2.07. The number of rotatable bonds is 8. The minimum absolute atomic E-state index is 0.119. The van der Waals surface area contributed by atoms with E-state index < -0.39 is 0 Å². The maximum Gasteiger partial charge on any atom is 0.277 e. The third-order valence-corrected chi connectivity index (χ3v) is 5.17. The van der Waals surface area contributed by atoms with Crippen LogP contribution in [-0.2, 0) is 12.4 Å². The molecule has 11 heteroatoms. The van der Waals surface area contributed by atoms with E-state index in [2.05, 4.69) is 20.4 Å². The van der Waals surface area contributed by atoms with Gasteiger partial charge in [0.15, 0.2) is 18.1 Å².